The fourth-order valence-corrected chi connectivity index (χ4v) is 4.64. The molecule has 4 aromatic rings. The van der Waals surface area contributed by atoms with Crippen LogP contribution in [0.15, 0.2) is 72.9 Å². The second-order valence-electron chi connectivity index (χ2n) is 9.48. The molecule has 1 saturated heterocycles. The number of para-hydroxylation sites is 1. The lowest BCUT2D eigenvalue weighted by atomic mass is 10.1. The number of rotatable bonds is 8. The first-order valence-corrected chi connectivity index (χ1v) is 13.3. The third-order valence-corrected chi connectivity index (χ3v) is 6.76. The van der Waals surface area contributed by atoms with Crippen molar-refractivity contribution in [3.8, 4) is 17.2 Å². The zero-order valence-corrected chi connectivity index (χ0v) is 23.6. The minimum Gasteiger partial charge on any atom is -0.497 e. The van der Waals surface area contributed by atoms with Crippen LogP contribution in [-0.4, -0.2) is 56.6 Å². The van der Waals surface area contributed by atoms with Crippen molar-refractivity contribution in [3.05, 3.63) is 84.1 Å². The zero-order valence-electron chi connectivity index (χ0n) is 23.6. The molecule has 1 amide bonds. The maximum atomic E-state index is 13.9. The summed E-state index contributed by atoms with van der Waals surface area (Å²) in [5.41, 5.74) is 4.01. The number of hydrogen-bond donors (Lipinski definition) is 1. The van der Waals surface area contributed by atoms with Gasteiger partial charge in [0.15, 0.2) is 0 Å². The predicted molar refractivity (Wildman–Crippen MR) is 158 cm³/mol. The highest BCUT2D eigenvalue weighted by Gasteiger charge is 2.27. The number of nitrogens with zero attached hydrogens (tertiary/aromatic N) is 4. The van der Waals surface area contributed by atoms with Gasteiger partial charge in [-0.15, -0.1) is 0 Å². The van der Waals surface area contributed by atoms with Crippen LogP contribution >= 0.6 is 0 Å². The zero-order chi connectivity index (χ0) is 28.8. The number of benzene rings is 3. The van der Waals surface area contributed by atoms with Crippen LogP contribution in [0.3, 0.4) is 0 Å². The first kappa shape index (κ1) is 27.7. The van der Waals surface area contributed by atoms with Gasteiger partial charge in [-0.3, -0.25) is 0 Å². The quantitative estimate of drug-likeness (QED) is 0.279. The van der Waals surface area contributed by atoms with Crippen LogP contribution in [0.25, 0.3) is 0 Å². The Morgan fingerprint density at radius 3 is 2.44 bits per heavy atom. The Hall–Kier alpha value is -4.83. The number of ether oxygens (including phenoxy) is 4. The van der Waals surface area contributed by atoms with Crippen LogP contribution in [0.4, 0.5) is 33.6 Å². The number of aromatic nitrogens is 2. The van der Waals surface area contributed by atoms with Gasteiger partial charge < -0.3 is 29.2 Å². The van der Waals surface area contributed by atoms with Gasteiger partial charge in [-0.25, -0.2) is 14.7 Å². The molecule has 2 heterocycles. The number of aryl methyl sites for hydroxylation is 2. The first-order valence-electron chi connectivity index (χ1n) is 13.3. The molecule has 1 aromatic heterocycles. The molecule has 1 N–H and O–H groups in total. The molecule has 3 aromatic carbocycles. The molecule has 10 heteroatoms. The summed E-state index contributed by atoms with van der Waals surface area (Å²) in [4.78, 5) is 26.6. The van der Waals surface area contributed by atoms with E-state index in [0.29, 0.717) is 47.9 Å². The van der Waals surface area contributed by atoms with E-state index in [4.69, 9.17) is 23.9 Å². The molecule has 0 saturated carbocycles. The highest BCUT2D eigenvalue weighted by Crippen LogP contribution is 2.37. The topological polar surface area (TPSA) is 98.3 Å². The van der Waals surface area contributed by atoms with E-state index < -0.39 is 6.09 Å². The number of amides is 1. The highest BCUT2D eigenvalue weighted by molar-refractivity contribution is 5.98. The van der Waals surface area contributed by atoms with Crippen molar-refractivity contribution < 1.29 is 23.7 Å². The summed E-state index contributed by atoms with van der Waals surface area (Å²) in [5.74, 6) is 2.10. The van der Waals surface area contributed by atoms with Crippen molar-refractivity contribution in [3.63, 3.8) is 0 Å². The largest absolute Gasteiger partial charge is 0.497 e. The van der Waals surface area contributed by atoms with E-state index in [1.54, 1.807) is 37.6 Å². The molecule has 212 valence electrons. The summed E-state index contributed by atoms with van der Waals surface area (Å²) in [6.45, 7) is 6.85. The molecule has 0 aliphatic carbocycles. The molecule has 0 unspecified atom stereocenters. The van der Waals surface area contributed by atoms with Gasteiger partial charge in [0.2, 0.25) is 5.95 Å². The summed E-state index contributed by atoms with van der Waals surface area (Å²) in [6.07, 6.45) is 0.941. The summed E-state index contributed by atoms with van der Waals surface area (Å²) in [6, 6.07) is 20.6. The normalized spacial score (nSPS) is 12.9. The van der Waals surface area contributed by atoms with Crippen molar-refractivity contribution in [1.29, 1.82) is 0 Å². The lowest BCUT2D eigenvalue weighted by molar-refractivity contribution is 0.122. The summed E-state index contributed by atoms with van der Waals surface area (Å²) in [7, 11) is 3.10. The van der Waals surface area contributed by atoms with Gasteiger partial charge in [0, 0.05) is 42.8 Å². The Morgan fingerprint density at radius 2 is 1.71 bits per heavy atom. The molecular formula is C31H33N5O5. The number of methoxy groups -OCH3 is 2. The Labute approximate surface area is 239 Å². The molecule has 1 aliphatic heterocycles. The molecule has 41 heavy (non-hydrogen) atoms. The van der Waals surface area contributed by atoms with E-state index in [9.17, 15) is 4.79 Å². The van der Waals surface area contributed by atoms with Crippen LogP contribution in [0.5, 0.6) is 17.2 Å². The van der Waals surface area contributed by atoms with Crippen LogP contribution in [0, 0.1) is 13.8 Å². The van der Waals surface area contributed by atoms with Crippen molar-refractivity contribution in [2.24, 2.45) is 0 Å². The van der Waals surface area contributed by atoms with E-state index in [-0.39, 0.29) is 0 Å². The average molecular weight is 556 g/mol. The predicted octanol–water partition coefficient (Wildman–Crippen LogP) is 6.03. The monoisotopic (exact) mass is 555 g/mol. The summed E-state index contributed by atoms with van der Waals surface area (Å²) < 4.78 is 22.4. The average Bonchev–Trinajstić information content (AvgIpc) is 3.00. The standard InChI is InChI=1S/C31H33N5O5/c1-21-7-5-8-22(2)29(21)41-31(37)36(26-12-11-25(38-3)20-27(26)39-4)28-13-14-32-30(34-28)33-23-9-6-10-24(19-23)35-15-17-40-18-16-35/h5-14,19-20H,15-18H2,1-4H3,(H,32,33,34). The van der Waals surface area contributed by atoms with E-state index in [0.717, 1.165) is 35.6 Å². The van der Waals surface area contributed by atoms with Gasteiger partial charge in [0.25, 0.3) is 0 Å². The molecule has 0 spiro atoms. The Balaban J connectivity index is 1.50. The van der Waals surface area contributed by atoms with Gasteiger partial charge >= 0.3 is 6.09 Å². The van der Waals surface area contributed by atoms with Crippen molar-refractivity contribution in [2.75, 3.05) is 55.6 Å². The minimum atomic E-state index is -0.648. The lowest BCUT2D eigenvalue weighted by Crippen LogP contribution is -2.36. The molecule has 5 rings (SSSR count). The Kier molecular flexibility index (Phi) is 8.50. The van der Waals surface area contributed by atoms with Gasteiger partial charge in [0.05, 0.1) is 33.1 Å². The van der Waals surface area contributed by atoms with Crippen LogP contribution < -0.4 is 29.3 Å². The molecular weight excluding hydrogens is 522 g/mol. The molecule has 10 nitrogen and oxygen atoms in total. The van der Waals surface area contributed by atoms with E-state index in [2.05, 4.69) is 21.3 Å². The molecule has 1 aliphatic rings. The second-order valence-corrected chi connectivity index (χ2v) is 9.48. The van der Waals surface area contributed by atoms with Gasteiger partial charge in [-0.05, 0) is 55.3 Å². The van der Waals surface area contributed by atoms with Crippen molar-refractivity contribution in [2.45, 2.75) is 13.8 Å². The van der Waals surface area contributed by atoms with Crippen LogP contribution in [0.2, 0.25) is 0 Å². The summed E-state index contributed by atoms with van der Waals surface area (Å²) in [5, 5.41) is 3.27. The minimum absolute atomic E-state index is 0.298. The Bertz CT molecular complexity index is 1500. The van der Waals surface area contributed by atoms with Crippen LogP contribution in [0.1, 0.15) is 11.1 Å². The fraction of sp³-hybridized carbons (Fsp3) is 0.258. The Morgan fingerprint density at radius 1 is 0.951 bits per heavy atom. The van der Waals surface area contributed by atoms with E-state index in [1.807, 2.05) is 50.2 Å². The maximum absolute atomic E-state index is 13.9. The molecule has 0 radical (unpaired) electrons. The number of anilines is 5. The number of carbonyl (C=O) groups is 1. The first-order chi connectivity index (χ1) is 20.0. The van der Waals surface area contributed by atoms with Gasteiger partial charge in [0.1, 0.15) is 23.1 Å². The third-order valence-electron chi connectivity index (χ3n) is 6.76. The molecule has 1 fully saturated rings. The second kappa shape index (κ2) is 12.6. The van der Waals surface area contributed by atoms with E-state index in [1.165, 1.54) is 12.0 Å². The fourth-order valence-electron chi connectivity index (χ4n) is 4.64. The maximum Gasteiger partial charge on any atom is 0.425 e. The lowest BCUT2D eigenvalue weighted by Gasteiger charge is -2.29. The van der Waals surface area contributed by atoms with Gasteiger partial charge in [-0.1, -0.05) is 24.3 Å². The number of carbonyl (C=O) groups excluding carboxylic acids is 1. The molecule has 0 bridgehead atoms. The highest BCUT2D eigenvalue weighted by atomic mass is 16.6. The SMILES string of the molecule is COc1ccc(N(C(=O)Oc2c(C)cccc2C)c2ccnc(Nc3cccc(N4CCOCC4)c3)n2)c(OC)c1. The van der Waals surface area contributed by atoms with Crippen molar-refractivity contribution >= 4 is 34.9 Å². The molecule has 0 atom stereocenters. The van der Waals surface area contributed by atoms with E-state index >= 15 is 0 Å². The van der Waals surface area contributed by atoms with Crippen LogP contribution in [-0.2, 0) is 4.74 Å². The van der Waals surface area contributed by atoms with Gasteiger partial charge in [-0.2, -0.15) is 4.98 Å². The number of hydrogen-bond acceptors (Lipinski definition) is 9. The number of morpholine rings is 1. The summed E-state index contributed by atoms with van der Waals surface area (Å²) >= 11 is 0. The third kappa shape index (κ3) is 6.33. The smallest absolute Gasteiger partial charge is 0.425 e. The number of nitrogens with one attached hydrogen (secondary N) is 1. The van der Waals surface area contributed by atoms with Crippen molar-refractivity contribution in [1.82, 2.24) is 9.97 Å².